The minimum atomic E-state index is 0. The van der Waals surface area contributed by atoms with Gasteiger partial charge in [0.25, 0.3) is 0 Å². The molecular formula is C16H24ClNO. The topological polar surface area (TPSA) is 23.5 Å². The first-order valence-electron chi connectivity index (χ1n) is 7.36. The smallest absolute Gasteiger partial charge is 0.119 e. The van der Waals surface area contributed by atoms with Crippen molar-refractivity contribution in [2.24, 2.45) is 0 Å². The average Bonchev–Trinajstić information content (AvgIpc) is 2.39. The fraction of sp³-hybridized carbons (Fsp3) is 0.625. The number of rotatable bonds is 2. The molecule has 2 nitrogen and oxygen atoms in total. The Kier molecular flexibility index (Phi) is 4.75. The number of hydrogen-bond acceptors (Lipinski definition) is 2. The first-order valence-corrected chi connectivity index (χ1v) is 7.36. The van der Waals surface area contributed by atoms with Gasteiger partial charge >= 0.3 is 0 Å². The number of benzene rings is 1. The van der Waals surface area contributed by atoms with Crippen LogP contribution in [0.2, 0.25) is 0 Å². The molecule has 106 valence electrons. The summed E-state index contributed by atoms with van der Waals surface area (Å²) in [5, 5.41) is 10.2. The van der Waals surface area contributed by atoms with Crippen molar-refractivity contribution in [3.8, 4) is 5.75 Å². The van der Waals surface area contributed by atoms with E-state index in [1.807, 2.05) is 12.1 Å². The number of nitrogens with zero attached hydrogens (tertiary/aromatic N) is 1. The normalized spacial score (nSPS) is 26.2. The molecule has 0 radical (unpaired) electrons. The monoisotopic (exact) mass is 281 g/mol. The van der Waals surface area contributed by atoms with Crippen LogP contribution < -0.4 is 0 Å². The van der Waals surface area contributed by atoms with Crippen LogP contribution >= 0.6 is 12.4 Å². The molecule has 1 aliphatic carbocycles. The highest BCUT2D eigenvalue weighted by molar-refractivity contribution is 5.85. The zero-order valence-corrected chi connectivity index (χ0v) is 12.5. The number of piperidine rings is 1. The quantitative estimate of drug-likeness (QED) is 0.893. The van der Waals surface area contributed by atoms with Gasteiger partial charge in [0.2, 0.25) is 0 Å². The summed E-state index contributed by atoms with van der Waals surface area (Å²) in [4.78, 5) is 2.66. The molecule has 3 rings (SSSR count). The third kappa shape index (κ3) is 2.61. The Morgan fingerprint density at radius 2 is 2.16 bits per heavy atom. The van der Waals surface area contributed by atoms with Crippen LogP contribution in [0.25, 0.3) is 0 Å². The molecule has 1 aromatic carbocycles. The Bertz CT molecular complexity index is 433. The molecule has 1 heterocycles. The van der Waals surface area contributed by atoms with E-state index in [4.69, 9.17) is 0 Å². The van der Waals surface area contributed by atoms with Gasteiger partial charge < -0.3 is 5.11 Å². The van der Waals surface area contributed by atoms with E-state index < -0.39 is 0 Å². The van der Waals surface area contributed by atoms with E-state index in [9.17, 15) is 5.11 Å². The highest BCUT2D eigenvalue weighted by atomic mass is 35.5. The van der Waals surface area contributed by atoms with E-state index in [-0.39, 0.29) is 12.4 Å². The first kappa shape index (κ1) is 14.7. The van der Waals surface area contributed by atoms with Crippen LogP contribution in [-0.4, -0.2) is 29.1 Å². The van der Waals surface area contributed by atoms with Gasteiger partial charge in [0.05, 0.1) is 0 Å². The zero-order chi connectivity index (χ0) is 12.5. The Morgan fingerprint density at radius 3 is 2.95 bits per heavy atom. The van der Waals surface area contributed by atoms with Crippen molar-refractivity contribution >= 4 is 12.4 Å². The van der Waals surface area contributed by atoms with E-state index in [0.29, 0.717) is 17.7 Å². The molecule has 0 saturated carbocycles. The van der Waals surface area contributed by atoms with Gasteiger partial charge in [0, 0.05) is 17.5 Å². The van der Waals surface area contributed by atoms with E-state index in [0.717, 1.165) is 6.42 Å². The van der Waals surface area contributed by atoms with Crippen LogP contribution in [-0.2, 0) is 6.42 Å². The first-order chi connectivity index (χ1) is 8.81. The molecule has 2 aliphatic rings. The van der Waals surface area contributed by atoms with Gasteiger partial charge in [0.15, 0.2) is 0 Å². The number of aromatic hydroxyl groups is 1. The molecule has 1 aromatic rings. The van der Waals surface area contributed by atoms with Crippen molar-refractivity contribution in [1.29, 1.82) is 0 Å². The molecule has 0 unspecified atom stereocenters. The second kappa shape index (κ2) is 6.15. The number of aryl methyl sites for hydroxylation is 1. The van der Waals surface area contributed by atoms with Gasteiger partial charge in [-0.25, -0.2) is 0 Å². The number of likely N-dealkylation sites (tertiary alicyclic amines) is 1. The summed E-state index contributed by atoms with van der Waals surface area (Å²) in [5.41, 5.74) is 2.64. The average molecular weight is 282 g/mol. The van der Waals surface area contributed by atoms with Crippen LogP contribution in [0.3, 0.4) is 0 Å². The summed E-state index contributed by atoms with van der Waals surface area (Å²) in [7, 11) is 0. The number of fused-ring (bicyclic) bond motifs is 3. The molecule has 0 spiro atoms. The predicted molar refractivity (Wildman–Crippen MR) is 81.3 cm³/mol. The van der Waals surface area contributed by atoms with Crippen molar-refractivity contribution in [3.05, 3.63) is 29.3 Å². The maximum Gasteiger partial charge on any atom is 0.119 e. The molecule has 1 saturated heterocycles. The number of hydrogen-bond donors (Lipinski definition) is 1. The van der Waals surface area contributed by atoms with Crippen molar-refractivity contribution in [2.75, 3.05) is 13.1 Å². The molecular weight excluding hydrogens is 258 g/mol. The summed E-state index contributed by atoms with van der Waals surface area (Å²) < 4.78 is 0. The maximum absolute atomic E-state index is 10.2. The summed E-state index contributed by atoms with van der Waals surface area (Å²) in [5.74, 6) is 1.09. The minimum absolute atomic E-state index is 0. The van der Waals surface area contributed by atoms with Gasteiger partial charge in [-0.2, -0.15) is 0 Å². The summed E-state index contributed by atoms with van der Waals surface area (Å²) >= 11 is 0. The standard InChI is InChI=1S/C16H23NO.ClH/c1-2-10-17-11-4-6-13-14(17)9-8-12-5-3-7-15(18)16(12)13;/h3,5,7,13-14,18H,2,4,6,8-11H2,1H3;1H/t13-,14+;/m0./s1. The van der Waals surface area contributed by atoms with E-state index in [1.54, 1.807) is 0 Å². The van der Waals surface area contributed by atoms with E-state index >= 15 is 0 Å². The molecule has 1 N–H and O–H groups in total. The van der Waals surface area contributed by atoms with Gasteiger partial charge in [0.1, 0.15) is 5.75 Å². The van der Waals surface area contributed by atoms with Gasteiger partial charge in [-0.3, -0.25) is 4.90 Å². The Labute approximate surface area is 122 Å². The molecule has 0 aromatic heterocycles. The van der Waals surface area contributed by atoms with Crippen LogP contribution in [0.5, 0.6) is 5.75 Å². The van der Waals surface area contributed by atoms with Crippen molar-refractivity contribution in [1.82, 2.24) is 4.90 Å². The summed E-state index contributed by atoms with van der Waals surface area (Å²) in [6.45, 7) is 4.72. The molecule has 0 amide bonds. The van der Waals surface area contributed by atoms with Gasteiger partial charge in [-0.1, -0.05) is 19.1 Å². The largest absolute Gasteiger partial charge is 0.508 e. The van der Waals surface area contributed by atoms with Crippen LogP contribution in [0.1, 0.15) is 49.7 Å². The molecule has 0 bridgehead atoms. The lowest BCUT2D eigenvalue weighted by atomic mass is 9.74. The third-order valence-corrected chi connectivity index (χ3v) is 4.66. The molecule has 3 heteroatoms. The van der Waals surface area contributed by atoms with Crippen LogP contribution in [0, 0.1) is 0 Å². The minimum Gasteiger partial charge on any atom is -0.508 e. The lowest BCUT2D eigenvalue weighted by molar-refractivity contribution is 0.111. The molecule has 1 aliphatic heterocycles. The lowest BCUT2D eigenvalue weighted by Gasteiger charge is -2.45. The number of halogens is 1. The fourth-order valence-electron chi connectivity index (χ4n) is 3.96. The number of phenols is 1. The number of phenolic OH excluding ortho intramolecular Hbond substituents is 1. The second-order valence-electron chi connectivity index (χ2n) is 5.74. The van der Waals surface area contributed by atoms with Crippen molar-refractivity contribution < 1.29 is 5.11 Å². The lowest BCUT2D eigenvalue weighted by Crippen LogP contribution is -2.46. The van der Waals surface area contributed by atoms with E-state index in [1.165, 1.54) is 49.9 Å². The fourth-order valence-corrected chi connectivity index (χ4v) is 3.96. The zero-order valence-electron chi connectivity index (χ0n) is 11.6. The van der Waals surface area contributed by atoms with Gasteiger partial charge in [-0.05, 0) is 56.8 Å². The summed E-state index contributed by atoms with van der Waals surface area (Å²) in [6, 6.07) is 6.71. The SMILES string of the molecule is CCCN1CCC[C@@H]2c3c(O)cccc3CC[C@H]21.Cl. The van der Waals surface area contributed by atoms with Crippen LogP contribution in [0.4, 0.5) is 0 Å². The molecule has 2 atom stereocenters. The van der Waals surface area contributed by atoms with Crippen LogP contribution in [0.15, 0.2) is 18.2 Å². The summed E-state index contributed by atoms with van der Waals surface area (Å²) in [6.07, 6.45) is 6.15. The Morgan fingerprint density at radius 1 is 1.32 bits per heavy atom. The highest BCUT2D eigenvalue weighted by Crippen LogP contribution is 2.44. The highest BCUT2D eigenvalue weighted by Gasteiger charge is 2.37. The van der Waals surface area contributed by atoms with Crippen molar-refractivity contribution in [2.45, 2.75) is 51.0 Å². The third-order valence-electron chi connectivity index (χ3n) is 4.66. The Hall–Kier alpha value is -0.730. The molecule has 19 heavy (non-hydrogen) atoms. The Balaban J connectivity index is 0.00000133. The predicted octanol–water partition coefficient (Wildman–Crippen LogP) is 3.72. The van der Waals surface area contributed by atoms with E-state index in [2.05, 4.69) is 17.9 Å². The maximum atomic E-state index is 10.2. The van der Waals surface area contributed by atoms with Crippen molar-refractivity contribution in [3.63, 3.8) is 0 Å². The van der Waals surface area contributed by atoms with Gasteiger partial charge in [-0.15, -0.1) is 12.4 Å². The molecule has 1 fully saturated rings. The second-order valence-corrected chi connectivity index (χ2v) is 5.74.